The van der Waals surface area contributed by atoms with Crippen molar-refractivity contribution in [2.45, 2.75) is 26.2 Å². The fourth-order valence-electron chi connectivity index (χ4n) is 2.87. The molecule has 2 aromatic rings. The molecule has 0 saturated carbocycles. The number of nitrogens with one attached hydrogen (secondary N) is 2. The molecule has 3 rings (SSSR count). The van der Waals surface area contributed by atoms with Crippen molar-refractivity contribution in [3.63, 3.8) is 0 Å². The van der Waals surface area contributed by atoms with Crippen LogP contribution >= 0.6 is 11.3 Å². The zero-order chi connectivity index (χ0) is 15.5. The average Bonchev–Trinajstić information content (AvgIpc) is 3.13. The summed E-state index contributed by atoms with van der Waals surface area (Å²) in [7, 11) is 0. The molecule has 0 atom stereocenters. The number of piperidine rings is 1. The molecule has 0 bridgehead atoms. The van der Waals surface area contributed by atoms with Gasteiger partial charge in [0.15, 0.2) is 0 Å². The van der Waals surface area contributed by atoms with Crippen LogP contribution in [0.1, 0.15) is 36.7 Å². The number of nitrogens with zero attached hydrogens (tertiary/aromatic N) is 1. The third-order valence-electron chi connectivity index (χ3n) is 4.18. The van der Waals surface area contributed by atoms with Crippen LogP contribution in [0.25, 0.3) is 10.2 Å². The van der Waals surface area contributed by atoms with Crippen molar-refractivity contribution >= 4 is 33.4 Å². The summed E-state index contributed by atoms with van der Waals surface area (Å²) in [5.41, 5.74) is 0.649. The molecule has 0 unspecified atom stereocenters. The Morgan fingerprint density at radius 3 is 2.86 bits per heavy atom. The highest BCUT2D eigenvalue weighted by Gasteiger charge is 2.28. The lowest BCUT2D eigenvalue weighted by molar-refractivity contribution is -0.126. The van der Waals surface area contributed by atoms with E-state index in [4.69, 9.17) is 0 Å². The third-order valence-corrected chi connectivity index (χ3v) is 5.02. The minimum Gasteiger partial charge on any atom is -0.356 e. The van der Waals surface area contributed by atoms with E-state index in [1.807, 2.05) is 29.3 Å². The number of H-pyrrole nitrogens is 1. The summed E-state index contributed by atoms with van der Waals surface area (Å²) in [5.74, 6) is 0.216. The van der Waals surface area contributed by atoms with Gasteiger partial charge in [0.2, 0.25) is 5.91 Å². The van der Waals surface area contributed by atoms with Crippen LogP contribution in [-0.2, 0) is 4.79 Å². The van der Waals surface area contributed by atoms with Crippen LogP contribution < -0.4 is 5.32 Å². The van der Waals surface area contributed by atoms with Crippen LogP contribution in [0.4, 0.5) is 0 Å². The number of carbonyl (C=O) groups excluding carboxylic acids is 2. The van der Waals surface area contributed by atoms with Gasteiger partial charge in [-0.2, -0.15) is 0 Å². The molecule has 0 aliphatic carbocycles. The molecule has 2 N–H and O–H groups in total. The molecular weight excluding hydrogens is 298 g/mol. The van der Waals surface area contributed by atoms with Crippen molar-refractivity contribution in [3.05, 3.63) is 23.2 Å². The van der Waals surface area contributed by atoms with E-state index >= 15 is 0 Å². The Kier molecular flexibility index (Phi) is 4.47. The lowest BCUT2D eigenvalue weighted by Crippen LogP contribution is -2.43. The van der Waals surface area contributed by atoms with Crippen LogP contribution in [0.5, 0.6) is 0 Å². The maximum atomic E-state index is 12.5. The standard InChI is InChI=1S/C16H21N3O2S/c1-2-6-17-14(20)11-3-7-19(8-4-11)16(21)13-10-12-5-9-22-15(12)18-13/h5,9-11,18H,2-4,6-8H2,1H3,(H,17,20). The Morgan fingerprint density at radius 2 is 2.18 bits per heavy atom. The number of hydrogen-bond acceptors (Lipinski definition) is 3. The molecule has 5 nitrogen and oxygen atoms in total. The van der Waals surface area contributed by atoms with Crippen molar-refractivity contribution in [2.24, 2.45) is 5.92 Å². The summed E-state index contributed by atoms with van der Waals surface area (Å²) < 4.78 is 0. The number of hydrogen-bond donors (Lipinski definition) is 2. The van der Waals surface area contributed by atoms with E-state index in [1.54, 1.807) is 11.3 Å². The van der Waals surface area contributed by atoms with Gasteiger partial charge in [-0.3, -0.25) is 9.59 Å². The van der Waals surface area contributed by atoms with Crippen molar-refractivity contribution in [3.8, 4) is 0 Å². The molecule has 0 radical (unpaired) electrons. The highest BCUT2D eigenvalue weighted by Crippen LogP contribution is 2.24. The molecule has 1 saturated heterocycles. The van der Waals surface area contributed by atoms with Gasteiger partial charge in [-0.1, -0.05) is 6.92 Å². The number of aromatic amines is 1. The predicted octanol–water partition coefficient (Wildman–Crippen LogP) is 2.61. The van der Waals surface area contributed by atoms with Gasteiger partial charge in [0.1, 0.15) is 10.5 Å². The first kappa shape index (κ1) is 15.1. The quantitative estimate of drug-likeness (QED) is 0.910. The number of carbonyl (C=O) groups is 2. The number of aromatic nitrogens is 1. The SMILES string of the molecule is CCCNC(=O)C1CCN(C(=O)c2cc3ccsc3[nH]2)CC1. The van der Waals surface area contributed by atoms with E-state index in [9.17, 15) is 9.59 Å². The average molecular weight is 319 g/mol. The zero-order valence-corrected chi connectivity index (χ0v) is 13.5. The van der Waals surface area contributed by atoms with Gasteiger partial charge in [-0.25, -0.2) is 0 Å². The molecule has 1 aliphatic heterocycles. The van der Waals surface area contributed by atoms with E-state index in [0.29, 0.717) is 18.8 Å². The summed E-state index contributed by atoms with van der Waals surface area (Å²) in [4.78, 5) is 30.5. The second-order valence-corrected chi connectivity index (χ2v) is 6.66. The van der Waals surface area contributed by atoms with Gasteiger partial charge in [0.05, 0.1) is 0 Å². The second kappa shape index (κ2) is 6.52. The summed E-state index contributed by atoms with van der Waals surface area (Å²) >= 11 is 1.60. The molecule has 6 heteroatoms. The van der Waals surface area contributed by atoms with Crippen LogP contribution in [0.2, 0.25) is 0 Å². The summed E-state index contributed by atoms with van der Waals surface area (Å²) in [6, 6.07) is 3.92. The lowest BCUT2D eigenvalue weighted by atomic mass is 9.95. The van der Waals surface area contributed by atoms with Gasteiger partial charge in [0.25, 0.3) is 5.91 Å². The van der Waals surface area contributed by atoms with E-state index in [2.05, 4.69) is 10.3 Å². The summed E-state index contributed by atoms with van der Waals surface area (Å²) in [5, 5.41) is 6.04. The van der Waals surface area contributed by atoms with Crippen molar-refractivity contribution in [1.29, 1.82) is 0 Å². The largest absolute Gasteiger partial charge is 0.356 e. The Bertz CT molecular complexity index is 639. The molecule has 3 heterocycles. The predicted molar refractivity (Wildman–Crippen MR) is 88.1 cm³/mol. The van der Waals surface area contributed by atoms with E-state index < -0.39 is 0 Å². The van der Waals surface area contributed by atoms with E-state index in [0.717, 1.165) is 36.0 Å². The molecule has 1 fully saturated rings. The molecule has 2 aromatic heterocycles. The number of amides is 2. The summed E-state index contributed by atoms with van der Waals surface area (Å²) in [6.07, 6.45) is 2.44. The van der Waals surface area contributed by atoms with Crippen LogP contribution in [-0.4, -0.2) is 41.3 Å². The minimum absolute atomic E-state index is 0.0378. The first-order valence-electron chi connectivity index (χ1n) is 7.82. The zero-order valence-electron chi connectivity index (χ0n) is 12.7. The fraction of sp³-hybridized carbons (Fsp3) is 0.500. The van der Waals surface area contributed by atoms with Gasteiger partial charge in [0, 0.05) is 30.9 Å². The van der Waals surface area contributed by atoms with Crippen LogP contribution in [0.3, 0.4) is 0 Å². The van der Waals surface area contributed by atoms with Crippen molar-refractivity contribution < 1.29 is 9.59 Å². The first-order valence-corrected chi connectivity index (χ1v) is 8.70. The van der Waals surface area contributed by atoms with E-state index in [1.165, 1.54) is 0 Å². The minimum atomic E-state index is 0.0378. The highest BCUT2D eigenvalue weighted by molar-refractivity contribution is 7.16. The smallest absolute Gasteiger partial charge is 0.270 e. The number of fused-ring (bicyclic) bond motifs is 1. The monoisotopic (exact) mass is 319 g/mol. The lowest BCUT2D eigenvalue weighted by Gasteiger charge is -2.31. The maximum Gasteiger partial charge on any atom is 0.270 e. The van der Waals surface area contributed by atoms with E-state index in [-0.39, 0.29) is 17.7 Å². The Balaban J connectivity index is 1.57. The summed E-state index contributed by atoms with van der Waals surface area (Å²) in [6.45, 7) is 4.07. The maximum absolute atomic E-state index is 12.5. The van der Waals surface area contributed by atoms with Crippen molar-refractivity contribution in [1.82, 2.24) is 15.2 Å². The highest BCUT2D eigenvalue weighted by atomic mass is 32.1. The molecule has 0 spiro atoms. The number of rotatable bonds is 4. The van der Waals surface area contributed by atoms with Gasteiger partial charge >= 0.3 is 0 Å². The van der Waals surface area contributed by atoms with Crippen LogP contribution in [0.15, 0.2) is 17.5 Å². The molecule has 0 aromatic carbocycles. The van der Waals surface area contributed by atoms with Gasteiger partial charge < -0.3 is 15.2 Å². The molecule has 1 aliphatic rings. The fourth-order valence-corrected chi connectivity index (χ4v) is 3.65. The molecule has 22 heavy (non-hydrogen) atoms. The topological polar surface area (TPSA) is 65.2 Å². The number of likely N-dealkylation sites (tertiary alicyclic amines) is 1. The Labute approximate surface area is 133 Å². The first-order chi connectivity index (χ1) is 10.7. The normalized spacial score (nSPS) is 16.1. The van der Waals surface area contributed by atoms with Crippen molar-refractivity contribution in [2.75, 3.05) is 19.6 Å². The van der Waals surface area contributed by atoms with Gasteiger partial charge in [-0.15, -0.1) is 11.3 Å². The molecule has 2 amide bonds. The third kappa shape index (κ3) is 3.02. The molecular formula is C16H21N3O2S. The second-order valence-electron chi connectivity index (χ2n) is 5.75. The molecule has 118 valence electrons. The van der Waals surface area contributed by atoms with Gasteiger partial charge in [-0.05, 0) is 36.8 Å². The Morgan fingerprint density at radius 1 is 1.41 bits per heavy atom. The number of thiophene rings is 1. The Hall–Kier alpha value is -1.82. The van der Waals surface area contributed by atoms with Crippen LogP contribution in [0, 0.1) is 5.92 Å².